The smallest absolute Gasteiger partial charge is 0.194 e. The normalized spacial score (nSPS) is 23.3. The van der Waals surface area contributed by atoms with Gasteiger partial charge >= 0.3 is 0 Å². The van der Waals surface area contributed by atoms with E-state index >= 15 is 0 Å². The molecule has 0 aromatic heterocycles. The number of hydrogen-bond donors (Lipinski definition) is 2. The number of phenolic OH excluding ortho intramolecular Hbond substituents is 1. The van der Waals surface area contributed by atoms with E-state index in [4.69, 9.17) is 9.73 Å². The Bertz CT molecular complexity index is 715. The molecule has 160 valence electrons. The fraction of sp³-hybridized carbons (Fsp3) is 0.696. The van der Waals surface area contributed by atoms with Crippen LogP contribution in [0.1, 0.15) is 42.9 Å². The van der Waals surface area contributed by atoms with Gasteiger partial charge in [-0.2, -0.15) is 0 Å². The molecule has 1 atom stereocenters. The largest absolute Gasteiger partial charge is 0.508 e. The van der Waals surface area contributed by atoms with Gasteiger partial charge in [-0.1, -0.05) is 6.07 Å². The quantitative estimate of drug-likeness (QED) is 0.587. The topological polar surface area (TPSA) is 60.3 Å². The summed E-state index contributed by atoms with van der Waals surface area (Å²) >= 11 is 0. The zero-order valence-corrected chi connectivity index (χ0v) is 17.8. The first-order valence-corrected chi connectivity index (χ1v) is 11.4. The first-order valence-electron chi connectivity index (χ1n) is 11.4. The Morgan fingerprint density at radius 2 is 2.03 bits per heavy atom. The summed E-state index contributed by atoms with van der Waals surface area (Å²) in [4.78, 5) is 9.90. The van der Waals surface area contributed by atoms with Gasteiger partial charge < -0.3 is 20.1 Å². The van der Waals surface area contributed by atoms with Crippen LogP contribution in [0.3, 0.4) is 0 Å². The highest BCUT2D eigenvalue weighted by Gasteiger charge is 2.27. The van der Waals surface area contributed by atoms with Gasteiger partial charge in [-0.15, -0.1) is 0 Å². The second kappa shape index (κ2) is 9.81. The molecule has 29 heavy (non-hydrogen) atoms. The van der Waals surface area contributed by atoms with Gasteiger partial charge in [-0.25, -0.2) is 4.99 Å². The first-order chi connectivity index (χ1) is 14.2. The van der Waals surface area contributed by atoms with Crippen LogP contribution >= 0.6 is 0 Å². The maximum Gasteiger partial charge on any atom is 0.194 e. The molecule has 2 fully saturated rings. The lowest BCUT2D eigenvalue weighted by Gasteiger charge is -2.29. The van der Waals surface area contributed by atoms with Crippen molar-refractivity contribution in [3.8, 4) is 5.75 Å². The number of hydrogen-bond acceptors (Lipinski definition) is 4. The molecule has 1 aliphatic carbocycles. The van der Waals surface area contributed by atoms with Crippen LogP contribution in [0, 0.1) is 5.92 Å². The molecule has 6 nitrogen and oxygen atoms in total. The molecule has 0 bridgehead atoms. The van der Waals surface area contributed by atoms with Crippen LogP contribution in [0.5, 0.6) is 5.75 Å². The predicted molar refractivity (Wildman–Crippen MR) is 117 cm³/mol. The number of guanidine groups is 1. The van der Waals surface area contributed by atoms with Gasteiger partial charge in [0.2, 0.25) is 0 Å². The first kappa shape index (κ1) is 20.5. The molecule has 0 radical (unpaired) electrons. The fourth-order valence-corrected chi connectivity index (χ4v) is 4.97. The molecule has 0 amide bonds. The lowest BCUT2D eigenvalue weighted by atomic mass is 9.88. The van der Waals surface area contributed by atoms with Crippen molar-refractivity contribution in [2.24, 2.45) is 10.9 Å². The number of benzene rings is 1. The molecule has 4 rings (SSSR count). The number of rotatable bonds is 5. The number of nitrogens with one attached hydrogen (secondary N) is 1. The summed E-state index contributed by atoms with van der Waals surface area (Å²) in [7, 11) is 0. The van der Waals surface area contributed by atoms with Gasteiger partial charge in [0, 0.05) is 44.8 Å². The molecule has 0 saturated carbocycles. The highest BCUT2D eigenvalue weighted by atomic mass is 16.5. The van der Waals surface area contributed by atoms with E-state index in [9.17, 15) is 5.11 Å². The van der Waals surface area contributed by atoms with Gasteiger partial charge in [-0.05, 0) is 62.1 Å². The molecular weight excluding hydrogens is 364 g/mol. The van der Waals surface area contributed by atoms with Gasteiger partial charge in [0.05, 0.1) is 19.8 Å². The monoisotopic (exact) mass is 400 g/mol. The zero-order valence-electron chi connectivity index (χ0n) is 17.8. The lowest BCUT2D eigenvalue weighted by molar-refractivity contribution is 0.0315. The minimum absolute atomic E-state index is 0.400. The molecule has 2 N–H and O–H groups in total. The molecular formula is C23H36N4O2. The average Bonchev–Trinajstić information content (AvgIpc) is 3.21. The maximum absolute atomic E-state index is 10.5. The van der Waals surface area contributed by atoms with Crippen LogP contribution in [0.4, 0.5) is 0 Å². The van der Waals surface area contributed by atoms with Crippen molar-refractivity contribution in [3.63, 3.8) is 0 Å². The summed E-state index contributed by atoms with van der Waals surface area (Å²) in [6.07, 6.45) is 5.87. The third-order valence-corrected chi connectivity index (χ3v) is 6.55. The van der Waals surface area contributed by atoms with Gasteiger partial charge in [0.15, 0.2) is 5.96 Å². The van der Waals surface area contributed by atoms with Crippen LogP contribution < -0.4 is 5.32 Å². The summed E-state index contributed by atoms with van der Waals surface area (Å²) in [5, 5.41) is 14.0. The summed E-state index contributed by atoms with van der Waals surface area (Å²) in [5.74, 6) is 2.08. The Balaban J connectivity index is 1.42. The van der Waals surface area contributed by atoms with Gasteiger partial charge in [0.25, 0.3) is 0 Å². The molecule has 2 saturated heterocycles. The van der Waals surface area contributed by atoms with Gasteiger partial charge in [0.1, 0.15) is 5.75 Å². The summed E-state index contributed by atoms with van der Waals surface area (Å²) in [6, 6.07) is 3.95. The zero-order chi connectivity index (χ0) is 20.1. The number of fused-ring (bicyclic) bond motifs is 1. The minimum atomic E-state index is 0.400. The number of morpholine rings is 1. The van der Waals surface area contributed by atoms with Crippen molar-refractivity contribution >= 4 is 5.96 Å². The third-order valence-electron chi connectivity index (χ3n) is 6.55. The summed E-state index contributed by atoms with van der Waals surface area (Å²) in [6.45, 7) is 10.7. The standard InChI is InChI=1S/C23H36N4O2/c1-2-24-23(27-10-9-18(17-27)16-26-11-13-29-14-12-26)25-15-21-20-6-4-3-5-19(20)7-8-22(21)28/h7-8,18,28H,2-6,9-17H2,1H3,(H,24,25). The average molecular weight is 401 g/mol. The van der Waals surface area contributed by atoms with Crippen molar-refractivity contribution in [3.05, 3.63) is 28.8 Å². The van der Waals surface area contributed by atoms with Crippen LogP contribution in [-0.4, -0.2) is 73.3 Å². The Morgan fingerprint density at radius 3 is 2.86 bits per heavy atom. The number of aryl methyl sites for hydroxylation is 1. The molecule has 6 heteroatoms. The highest BCUT2D eigenvalue weighted by molar-refractivity contribution is 5.80. The van der Waals surface area contributed by atoms with Crippen molar-refractivity contribution in [2.75, 3.05) is 52.5 Å². The van der Waals surface area contributed by atoms with E-state index < -0.39 is 0 Å². The van der Waals surface area contributed by atoms with Crippen molar-refractivity contribution in [1.82, 2.24) is 15.1 Å². The predicted octanol–water partition coefficient (Wildman–Crippen LogP) is 2.39. The van der Waals surface area contributed by atoms with E-state index in [-0.39, 0.29) is 0 Å². The summed E-state index contributed by atoms with van der Waals surface area (Å²) < 4.78 is 5.48. The Labute approximate surface area is 174 Å². The van der Waals surface area contributed by atoms with Crippen LogP contribution in [-0.2, 0) is 24.1 Å². The molecule has 1 unspecified atom stereocenters. The SMILES string of the molecule is CCNC(=NCc1c(O)ccc2c1CCCC2)N1CCC(CN2CCOCC2)C1. The van der Waals surface area contributed by atoms with Gasteiger partial charge in [-0.3, -0.25) is 4.90 Å². The third kappa shape index (κ3) is 5.04. The van der Waals surface area contributed by atoms with Crippen LogP contribution in [0.2, 0.25) is 0 Å². The molecule has 0 spiro atoms. The van der Waals surface area contributed by atoms with Crippen molar-refractivity contribution in [2.45, 2.75) is 45.6 Å². The van der Waals surface area contributed by atoms with E-state index in [2.05, 4.69) is 28.1 Å². The van der Waals surface area contributed by atoms with E-state index in [1.165, 1.54) is 30.4 Å². The van der Waals surface area contributed by atoms with E-state index in [1.807, 2.05) is 6.07 Å². The Morgan fingerprint density at radius 1 is 1.21 bits per heavy atom. The Kier molecular flexibility index (Phi) is 6.93. The molecule has 2 aliphatic heterocycles. The van der Waals surface area contributed by atoms with Crippen molar-refractivity contribution in [1.29, 1.82) is 0 Å². The molecule has 3 aliphatic rings. The molecule has 1 aromatic carbocycles. The van der Waals surface area contributed by atoms with E-state index in [0.717, 1.165) is 76.8 Å². The second-order valence-corrected chi connectivity index (χ2v) is 8.59. The maximum atomic E-state index is 10.5. The number of ether oxygens (including phenoxy) is 1. The lowest BCUT2D eigenvalue weighted by Crippen LogP contribution is -2.42. The Hall–Kier alpha value is -1.79. The summed E-state index contributed by atoms with van der Waals surface area (Å²) in [5.41, 5.74) is 3.76. The number of aliphatic imine (C=N–C) groups is 1. The number of aromatic hydroxyl groups is 1. The minimum Gasteiger partial charge on any atom is -0.508 e. The van der Waals surface area contributed by atoms with E-state index in [0.29, 0.717) is 18.2 Å². The highest BCUT2D eigenvalue weighted by Crippen LogP contribution is 2.31. The van der Waals surface area contributed by atoms with Crippen LogP contribution in [0.25, 0.3) is 0 Å². The number of likely N-dealkylation sites (tertiary alicyclic amines) is 1. The van der Waals surface area contributed by atoms with E-state index in [1.54, 1.807) is 0 Å². The number of nitrogens with zero attached hydrogens (tertiary/aromatic N) is 3. The molecule has 2 heterocycles. The van der Waals surface area contributed by atoms with Crippen molar-refractivity contribution < 1.29 is 9.84 Å². The second-order valence-electron chi connectivity index (χ2n) is 8.59. The number of phenols is 1. The molecule has 1 aromatic rings. The fourth-order valence-electron chi connectivity index (χ4n) is 4.97. The van der Waals surface area contributed by atoms with Crippen LogP contribution in [0.15, 0.2) is 17.1 Å².